The van der Waals surface area contributed by atoms with Crippen molar-refractivity contribution in [3.8, 4) is 0 Å². The number of thiazole rings is 1. The van der Waals surface area contributed by atoms with Crippen LogP contribution in [0, 0.1) is 0 Å². The standard InChI is InChI=1S/C6H5BrF2N2S/c7-3-1-11-4(12-3)5(10)2-6(5,8)9/h1H,2,10H2. The quantitative estimate of drug-likeness (QED) is 0.834. The van der Waals surface area contributed by atoms with Crippen molar-refractivity contribution < 1.29 is 8.78 Å². The number of aromatic nitrogens is 1. The first-order valence-electron chi connectivity index (χ1n) is 3.24. The lowest BCUT2D eigenvalue weighted by Crippen LogP contribution is -2.26. The van der Waals surface area contributed by atoms with Crippen molar-refractivity contribution in [2.75, 3.05) is 0 Å². The zero-order valence-corrected chi connectivity index (χ0v) is 8.25. The van der Waals surface area contributed by atoms with Gasteiger partial charge >= 0.3 is 0 Å². The summed E-state index contributed by atoms with van der Waals surface area (Å²) in [5, 5.41) is 0.305. The van der Waals surface area contributed by atoms with Crippen molar-refractivity contribution in [1.29, 1.82) is 0 Å². The molecule has 1 aromatic heterocycles. The van der Waals surface area contributed by atoms with Gasteiger partial charge in [0.05, 0.1) is 9.98 Å². The second-order valence-electron chi connectivity index (χ2n) is 2.82. The van der Waals surface area contributed by atoms with Crippen LogP contribution in [0.3, 0.4) is 0 Å². The second kappa shape index (κ2) is 2.24. The number of hydrogen-bond acceptors (Lipinski definition) is 3. The molecular formula is C6H5BrF2N2S. The molecule has 6 heteroatoms. The summed E-state index contributed by atoms with van der Waals surface area (Å²) < 4.78 is 26.1. The van der Waals surface area contributed by atoms with Gasteiger partial charge in [-0.3, -0.25) is 0 Å². The molecule has 1 aliphatic carbocycles. The van der Waals surface area contributed by atoms with Crippen LogP contribution < -0.4 is 5.73 Å². The number of nitrogens with two attached hydrogens (primary N) is 1. The third-order valence-corrected chi connectivity index (χ3v) is 3.54. The van der Waals surface area contributed by atoms with Crippen molar-refractivity contribution in [2.24, 2.45) is 5.73 Å². The second-order valence-corrected chi connectivity index (χ2v) is 5.23. The highest BCUT2D eigenvalue weighted by molar-refractivity contribution is 9.11. The average Bonchev–Trinajstić information content (AvgIpc) is 2.37. The van der Waals surface area contributed by atoms with E-state index in [0.717, 1.165) is 15.1 Å². The van der Waals surface area contributed by atoms with E-state index in [9.17, 15) is 8.78 Å². The van der Waals surface area contributed by atoms with Gasteiger partial charge in [0, 0.05) is 6.42 Å². The fourth-order valence-corrected chi connectivity index (χ4v) is 2.36. The van der Waals surface area contributed by atoms with Gasteiger partial charge in [-0.15, -0.1) is 11.3 Å². The summed E-state index contributed by atoms with van der Waals surface area (Å²) in [7, 11) is 0. The first-order chi connectivity index (χ1) is 5.46. The van der Waals surface area contributed by atoms with Crippen LogP contribution in [-0.2, 0) is 5.54 Å². The fourth-order valence-electron chi connectivity index (χ4n) is 0.999. The predicted octanol–water partition coefficient (Wildman–Crippen LogP) is 2.10. The third-order valence-electron chi connectivity index (χ3n) is 1.89. The minimum absolute atomic E-state index is 0.292. The molecule has 1 unspecified atom stereocenters. The molecule has 0 radical (unpaired) electrons. The number of alkyl halides is 2. The molecule has 2 N–H and O–H groups in total. The van der Waals surface area contributed by atoms with Gasteiger partial charge < -0.3 is 5.73 Å². The molecule has 0 aliphatic heterocycles. The molecule has 1 aromatic rings. The smallest absolute Gasteiger partial charge is 0.274 e. The average molecular weight is 255 g/mol. The summed E-state index contributed by atoms with van der Waals surface area (Å²) in [6.45, 7) is 0. The Morgan fingerprint density at radius 1 is 1.67 bits per heavy atom. The number of halogens is 3. The molecule has 0 bridgehead atoms. The largest absolute Gasteiger partial charge is 0.314 e. The maximum atomic E-state index is 12.7. The van der Waals surface area contributed by atoms with Gasteiger partial charge in [0.25, 0.3) is 5.92 Å². The molecule has 2 nitrogen and oxygen atoms in total. The van der Waals surface area contributed by atoms with E-state index in [1.54, 1.807) is 0 Å². The first kappa shape index (κ1) is 8.52. The highest BCUT2D eigenvalue weighted by Gasteiger charge is 2.71. The fraction of sp³-hybridized carbons (Fsp3) is 0.500. The molecular weight excluding hydrogens is 250 g/mol. The summed E-state index contributed by atoms with van der Waals surface area (Å²) in [5.41, 5.74) is 3.94. The monoisotopic (exact) mass is 254 g/mol. The van der Waals surface area contributed by atoms with Crippen LogP contribution in [0.4, 0.5) is 8.78 Å². The number of hydrogen-bond donors (Lipinski definition) is 1. The van der Waals surface area contributed by atoms with Gasteiger partial charge in [-0.1, -0.05) is 0 Å². The van der Waals surface area contributed by atoms with E-state index in [2.05, 4.69) is 20.9 Å². The van der Waals surface area contributed by atoms with E-state index in [-0.39, 0.29) is 6.42 Å². The Morgan fingerprint density at radius 2 is 2.25 bits per heavy atom. The van der Waals surface area contributed by atoms with Crippen molar-refractivity contribution in [2.45, 2.75) is 17.9 Å². The normalized spacial score (nSPS) is 32.0. The molecule has 2 rings (SSSR count). The Kier molecular flexibility index (Phi) is 1.59. The van der Waals surface area contributed by atoms with Crippen molar-refractivity contribution in [3.63, 3.8) is 0 Å². The van der Waals surface area contributed by atoms with E-state index in [1.165, 1.54) is 6.20 Å². The predicted molar refractivity (Wildman–Crippen MR) is 45.2 cm³/mol. The molecule has 0 aromatic carbocycles. The minimum atomic E-state index is -2.77. The highest BCUT2D eigenvalue weighted by Crippen LogP contribution is 2.58. The number of nitrogens with zero attached hydrogens (tertiary/aromatic N) is 1. The van der Waals surface area contributed by atoms with Crippen LogP contribution in [-0.4, -0.2) is 10.9 Å². The van der Waals surface area contributed by atoms with E-state index >= 15 is 0 Å². The van der Waals surface area contributed by atoms with Crippen molar-refractivity contribution >= 4 is 27.3 Å². The molecule has 1 atom stereocenters. The van der Waals surface area contributed by atoms with Crippen LogP contribution in [0.15, 0.2) is 9.98 Å². The Labute approximate surface area is 79.9 Å². The van der Waals surface area contributed by atoms with Gasteiger partial charge in [0.1, 0.15) is 10.5 Å². The van der Waals surface area contributed by atoms with Crippen molar-refractivity contribution in [3.05, 3.63) is 15.0 Å². The Morgan fingerprint density at radius 3 is 2.58 bits per heavy atom. The van der Waals surface area contributed by atoms with Gasteiger partial charge in [0.2, 0.25) is 0 Å². The van der Waals surface area contributed by atoms with Crippen molar-refractivity contribution in [1.82, 2.24) is 4.98 Å². The summed E-state index contributed by atoms with van der Waals surface area (Å²) in [4.78, 5) is 3.81. The molecule has 1 fully saturated rings. The molecule has 0 amide bonds. The highest BCUT2D eigenvalue weighted by atomic mass is 79.9. The van der Waals surface area contributed by atoms with Crippen LogP contribution in [0.5, 0.6) is 0 Å². The van der Waals surface area contributed by atoms with Crippen LogP contribution >= 0.6 is 27.3 Å². The Hall–Kier alpha value is -0.0700. The van der Waals surface area contributed by atoms with Gasteiger partial charge in [-0.2, -0.15) is 0 Å². The molecule has 0 spiro atoms. The zero-order chi connectivity index (χ0) is 8.98. The van der Waals surface area contributed by atoms with Gasteiger partial charge in [-0.25, -0.2) is 13.8 Å². The zero-order valence-electron chi connectivity index (χ0n) is 5.85. The molecule has 66 valence electrons. The van der Waals surface area contributed by atoms with E-state index < -0.39 is 11.5 Å². The van der Waals surface area contributed by atoms with Crippen LogP contribution in [0.2, 0.25) is 0 Å². The van der Waals surface area contributed by atoms with E-state index in [0.29, 0.717) is 5.01 Å². The van der Waals surface area contributed by atoms with Gasteiger partial charge in [-0.05, 0) is 15.9 Å². The van der Waals surface area contributed by atoms with E-state index in [4.69, 9.17) is 5.73 Å². The summed E-state index contributed by atoms with van der Waals surface area (Å²) >= 11 is 4.31. The lowest BCUT2D eigenvalue weighted by molar-refractivity contribution is 0.0890. The molecule has 1 aliphatic rings. The lowest BCUT2D eigenvalue weighted by Gasteiger charge is -2.04. The summed E-state index contributed by atoms with van der Waals surface area (Å²) in [6.07, 6.45) is 1.20. The molecule has 12 heavy (non-hydrogen) atoms. The van der Waals surface area contributed by atoms with Crippen LogP contribution in [0.1, 0.15) is 11.4 Å². The third kappa shape index (κ3) is 1.02. The minimum Gasteiger partial charge on any atom is -0.314 e. The number of rotatable bonds is 1. The summed E-state index contributed by atoms with van der Waals surface area (Å²) in [5.74, 6) is -2.77. The maximum Gasteiger partial charge on any atom is 0.274 e. The van der Waals surface area contributed by atoms with Crippen LogP contribution in [0.25, 0.3) is 0 Å². The molecule has 1 heterocycles. The van der Waals surface area contributed by atoms with E-state index in [1.807, 2.05) is 0 Å². The Bertz CT molecular complexity index is 327. The Balaban J connectivity index is 2.34. The topological polar surface area (TPSA) is 38.9 Å². The van der Waals surface area contributed by atoms with Gasteiger partial charge in [0.15, 0.2) is 0 Å². The SMILES string of the molecule is NC1(c2ncc(Br)s2)CC1(F)F. The molecule has 0 saturated heterocycles. The maximum absolute atomic E-state index is 12.7. The molecule has 1 saturated carbocycles. The first-order valence-corrected chi connectivity index (χ1v) is 4.85. The summed E-state index contributed by atoms with van der Waals surface area (Å²) in [6, 6.07) is 0. The lowest BCUT2D eigenvalue weighted by atomic mass is 10.3.